The van der Waals surface area contributed by atoms with E-state index in [-0.39, 0.29) is 23.6 Å². The Morgan fingerprint density at radius 2 is 2.06 bits per heavy atom. The van der Waals surface area contributed by atoms with Crippen molar-refractivity contribution >= 4 is 21.9 Å². The summed E-state index contributed by atoms with van der Waals surface area (Å²) >= 11 is 3.44. The van der Waals surface area contributed by atoms with E-state index in [9.17, 15) is 4.79 Å². The molecule has 92 valence electrons. The normalized spacial score (nSPS) is 36.5. The van der Waals surface area contributed by atoms with Crippen LogP contribution in [-0.4, -0.2) is 18.7 Å². The molecular weight excluding hydrogens is 296 g/mol. The van der Waals surface area contributed by atoms with E-state index >= 15 is 0 Å². The maximum Gasteiger partial charge on any atom is 0.334 e. The molecule has 4 rings (SSSR count). The average Bonchev–Trinajstić information content (AvgIpc) is 3.00. The van der Waals surface area contributed by atoms with Crippen molar-refractivity contribution in [3.63, 3.8) is 0 Å². The molecule has 0 radical (unpaired) electrons. The SMILES string of the molecule is O=C1OCC2C[C@@]3(c4ccc(Br)cc4)O[C@H]3C=C12. The summed E-state index contributed by atoms with van der Waals surface area (Å²) in [5.41, 5.74) is 1.78. The maximum atomic E-state index is 11.5. The third-order valence-electron chi connectivity index (χ3n) is 4.04. The molecule has 1 aliphatic carbocycles. The maximum absolute atomic E-state index is 11.5. The largest absolute Gasteiger partial charge is 0.462 e. The molecule has 0 amide bonds. The second-order valence-corrected chi connectivity index (χ2v) is 5.97. The number of hydrogen-bond donors (Lipinski definition) is 0. The summed E-state index contributed by atoms with van der Waals surface area (Å²) in [5.74, 6) is 0.0276. The van der Waals surface area contributed by atoms with Crippen molar-refractivity contribution in [2.24, 2.45) is 5.92 Å². The third kappa shape index (κ3) is 1.36. The molecule has 2 aliphatic heterocycles. The Labute approximate surface area is 113 Å². The Morgan fingerprint density at radius 3 is 2.83 bits per heavy atom. The number of hydrogen-bond acceptors (Lipinski definition) is 3. The fourth-order valence-corrected chi connectivity index (χ4v) is 3.29. The molecule has 3 atom stereocenters. The lowest BCUT2D eigenvalue weighted by Gasteiger charge is -2.20. The van der Waals surface area contributed by atoms with Gasteiger partial charge in [0.15, 0.2) is 0 Å². The van der Waals surface area contributed by atoms with E-state index in [4.69, 9.17) is 9.47 Å². The van der Waals surface area contributed by atoms with Crippen molar-refractivity contribution in [3.8, 4) is 0 Å². The van der Waals surface area contributed by atoms with Gasteiger partial charge in [0.05, 0.1) is 6.61 Å². The van der Waals surface area contributed by atoms with Crippen LogP contribution in [0.2, 0.25) is 0 Å². The van der Waals surface area contributed by atoms with Gasteiger partial charge in [0.1, 0.15) is 11.7 Å². The van der Waals surface area contributed by atoms with E-state index in [1.165, 1.54) is 5.56 Å². The number of rotatable bonds is 1. The van der Waals surface area contributed by atoms with Gasteiger partial charge >= 0.3 is 5.97 Å². The van der Waals surface area contributed by atoms with E-state index in [1.54, 1.807) is 0 Å². The van der Waals surface area contributed by atoms with Crippen molar-refractivity contribution in [1.29, 1.82) is 0 Å². The molecule has 2 fully saturated rings. The van der Waals surface area contributed by atoms with Crippen LogP contribution in [0.5, 0.6) is 0 Å². The highest BCUT2D eigenvalue weighted by molar-refractivity contribution is 9.10. The summed E-state index contributed by atoms with van der Waals surface area (Å²) in [5, 5.41) is 0. The zero-order chi connectivity index (χ0) is 12.3. The highest BCUT2D eigenvalue weighted by Gasteiger charge is 2.61. The number of fused-ring (bicyclic) bond motifs is 2. The van der Waals surface area contributed by atoms with E-state index in [1.807, 2.05) is 18.2 Å². The number of cyclic esters (lactones) is 1. The highest BCUT2D eigenvalue weighted by atomic mass is 79.9. The van der Waals surface area contributed by atoms with Crippen molar-refractivity contribution < 1.29 is 14.3 Å². The number of benzene rings is 1. The number of halogens is 1. The second-order valence-electron chi connectivity index (χ2n) is 5.06. The summed E-state index contributed by atoms with van der Waals surface area (Å²) in [6.07, 6.45) is 2.83. The molecule has 2 heterocycles. The lowest BCUT2D eigenvalue weighted by Crippen LogP contribution is -2.23. The van der Waals surface area contributed by atoms with Crippen LogP contribution < -0.4 is 0 Å². The minimum atomic E-state index is -0.219. The summed E-state index contributed by atoms with van der Waals surface area (Å²) in [6.45, 7) is 0.499. The Bertz CT molecular complexity index is 563. The van der Waals surface area contributed by atoms with Gasteiger partial charge in [0.25, 0.3) is 0 Å². The quantitative estimate of drug-likeness (QED) is 0.591. The first-order valence-corrected chi connectivity index (χ1v) is 6.81. The summed E-state index contributed by atoms with van der Waals surface area (Å²) in [6, 6.07) is 8.22. The summed E-state index contributed by atoms with van der Waals surface area (Å²) in [4.78, 5) is 11.5. The fourth-order valence-electron chi connectivity index (χ4n) is 3.03. The van der Waals surface area contributed by atoms with Gasteiger partial charge < -0.3 is 9.47 Å². The zero-order valence-corrected chi connectivity index (χ0v) is 11.1. The second kappa shape index (κ2) is 3.45. The van der Waals surface area contributed by atoms with Crippen LogP contribution in [-0.2, 0) is 19.9 Å². The molecule has 3 nitrogen and oxygen atoms in total. The average molecular weight is 307 g/mol. The first-order valence-electron chi connectivity index (χ1n) is 6.02. The van der Waals surface area contributed by atoms with Gasteiger partial charge in [-0.15, -0.1) is 0 Å². The van der Waals surface area contributed by atoms with Crippen LogP contribution in [0.15, 0.2) is 40.4 Å². The molecule has 0 aromatic heterocycles. The predicted octanol–water partition coefficient (Wildman–Crippen LogP) is 2.55. The molecule has 2 saturated heterocycles. The standard InChI is InChI=1S/C14H11BrO3/c15-10-3-1-9(2-4-10)14-6-8-7-17-13(16)11(8)5-12(14)18-14/h1-5,8,12H,6-7H2/t8?,12-,14-/m0/s1. The summed E-state index contributed by atoms with van der Waals surface area (Å²) in [7, 11) is 0. The van der Waals surface area contributed by atoms with Crippen LogP contribution in [0.4, 0.5) is 0 Å². The first-order chi connectivity index (χ1) is 8.69. The fraction of sp³-hybridized carbons (Fsp3) is 0.357. The minimum absolute atomic E-state index is 0.0376. The zero-order valence-electron chi connectivity index (χ0n) is 9.56. The number of esters is 1. The Kier molecular flexibility index (Phi) is 2.07. The molecule has 18 heavy (non-hydrogen) atoms. The van der Waals surface area contributed by atoms with E-state index in [0.29, 0.717) is 6.61 Å². The molecule has 4 heteroatoms. The highest BCUT2D eigenvalue weighted by Crippen LogP contribution is 2.56. The van der Waals surface area contributed by atoms with Crippen molar-refractivity contribution in [1.82, 2.24) is 0 Å². The van der Waals surface area contributed by atoms with Crippen molar-refractivity contribution in [2.45, 2.75) is 18.1 Å². The van der Waals surface area contributed by atoms with E-state index < -0.39 is 0 Å². The van der Waals surface area contributed by atoms with Crippen LogP contribution in [0.3, 0.4) is 0 Å². The molecule has 0 saturated carbocycles. The monoisotopic (exact) mass is 306 g/mol. The lowest BCUT2D eigenvalue weighted by atomic mass is 9.79. The smallest absolute Gasteiger partial charge is 0.334 e. The number of carbonyl (C=O) groups excluding carboxylic acids is 1. The molecular formula is C14H11BrO3. The molecule has 1 unspecified atom stereocenters. The molecule has 3 aliphatic rings. The number of epoxide rings is 1. The van der Waals surface area contributed by atoms with Gasteiger partial charge in [-0.25, -0.2) is 4.79 Å². The molecule has 0 N–H and O–H groups in total. The van der Waals surface area contributed by atoms with Crippen molar-refractivity contribution in [3.05, 3.63) is 46.0 Å². The molecule has 0 bridgehead atoms. The van der Waals surface area contributed by atoms with Crippen LogP contribution in [0, 0.1) is 5.92 Å². The van der Waals surface area contributed by atoms with Gasteiger partial charge in [-0.3, -0.25) is 0 Å². The third-order valence-corrected chi connectivity index (χ3v) is 4.57. The van der Waals surface area contributed by atoms with Gasteiger partial charge in [-0.2, -0.15) is 0 Å². The van der Waals surface area contributed by atoms with Crippen LogP contribution in [0.1, 0.15) is 12.0 Å². The van der Waals surface area contributed by atoms with Gasteiger partial charge in [0.2, 0.25) is 0 Å². The number of ether oxygens (including phenoxy) is 2. The number of carbonyl (C=O) groups is 1. The summed E-state index contributed by atoms with van der Waals surface area (Å²) < 4.78 is 12.0. The molecule has 1 aromatic carbocycles. The molecule has 1 aromatic rings. The lowest BCUT2D eigenvalue weighted by molar-refractivity contribution is -0.135. The van der Waals surface area contributed by atoms with E-state index in [2.05, 4.69) is 28.1 Å². The Morgan fingerprint density at radius 1 is 1.28 bits per heavy atom. The Hall–Kier alpha value is -1.13. The van der Waals surface area contributed by atoms with E-state index in [0.717, 1.165) is 16.5 Å². The van der Waals surface area contributed by atoms with Gasteiger partial charge in [-0.05, 0) is 30.2 Å². The minimum Gasteiger partial charge on any atom is -0.462 e. The molecule has 0 spiro atoms. The predicted molar refractivity (Wildman–Crippen MR) is 67.8 cm³/mol. The van der Waals surface area contributed by atoms with Crippen LogP contribution in [0.25, 0.3) is 0 Å². The Balaban J connectivity index is 1.71. The van der Waals surface area contributed by atoms with Gasteiger partial charge in [-0.1, -0.05) is 28.1 Å². The van der Waals surface area contributed by atoms with Crippen molar-refractivity contribution in [2.75, 3.05) is 6.61 Å². The van der Waals surface area contributed by atoms with Crippen LogP contribution >= 0.6 is 15.9 Å². The van der Waals surface area contributed by atoms with Gasteiger partial charge in [0, 0.05) is 16.0 Å². The first kappa shape index (κ1) is 10.8. The topological polar surface area (TPSA) is 38.8 Å².